The zero-order valence-corrected chi connectivity index (χ0v) is 11.1. The molecular weight excluding hydrogens is 262 g/mol. The second-order valence-corrected chi connectivity index (χ2v) is 4.94. The van der Waals surface area contributed by atoms with E-state index < -0.39 is 5.97 Å². The summed E-state index contributed by atoms with van der Waals surface area (Å²) in [5.74, 6) is 0.00405. The average Bonchev–Trinajstić information content (AvgIpc) is 2.36. The normalized spacial score (nSPS) is 10.4. The summed E-state index contributed by atoms with van der Waals surface area (Å²) in [6.45, 7) is 1.62. The number of nitrogens with zero attached hydrogens (tertiary/aromatic N) is 2. The number of carboxylic acids is 1. The Bertz CT molecular complexity index is 579. The van der Waals surface area contributed by atoms with E-state index in [2.05, 4.69) is 9.97 Å². The van der Waals surface area contributed by atoms with Gasteiger partial charge in [-0.25, -0.2) is 14.8 Å². The van der Waals surface area contributed by atoms with Gasteiger partial charge in [-0.1, -0.05) is 18.2 Å². The van der Waals surface area contributed by atoms with Gasteiger partial charge in [-0.3, -0.25) is 0 Å². The van der Waals surface area contributed by atoms with E-state index in [4.69, 9.17) is 10.8 Å². The van der Waals surface area contributed by atoms with Crippen LogP contribution in [-0.4, -0.2) is 21.0 Å². The minimum Gasteiger partial charge on any atom is -0.477 e. The molecule has 2 aromatic rings. The van der Waals surface area contributed by atoms with Crippen molar-refractivity contribution in [3.8, 4) is 0 Å². The van der Waals surface area contributed by atoms with E-state index in [9.17, 15) is 4.79 Å². The molecule has 0 bridgehead atoms. The van der Waals surface area contributed by atoms with Gasteiger partial charge < -0.3 is 10.8 Å². The van der Waals surface area contributed by atoms with Gasteiger partial charge in [-0.2, -0.15) is 0 Å². The van der Waals surface area contributed by atoms with Crippen LogP contribution in [-0.2, 0) is 5.75 Å². The van der Waals surface area contributed by atoms with Gasteiger partial charge in [0.15, 0.2) is 0 Å². The second kappa shape index (κ2) is 5.71. The lowest BCUT2D eigenvalue weighted by atomic mass is 10.2. The first-order valence-electron chi connectivity index (χ1n) is 5.62. The lowest BCUT2D eigenvalue weighted by Crippen LogP contribution is -2.11. The number of anilines is 1. The molecule has 0 aliphatic heterocycles. The smallest absolute Gasteiger partial charge is 0.341 e. The molecule has 0 aliphatic carbocycles. The quantitative estimate of drug-likeness (QED) is 0.833. The minimum absolute atomic E-state index is 0.0173. The standard InChI is InChI=1S/C13H13N3O2S/c1-8-11(13(17)18)12(14)16-10(15-8)7-19-9-5-3-2-4-6-9/h2-6H,7H2,1H3,(H,17,18)(H2,14,15,16). The van der Waals surface area contributed by atoms with E-state index >= 15 is 0 Å². The predicted octanol–water partition coefficient (Wildman–Crippen LogP) is 2.36. The number of benzene rings is 1. The highest BCUT2D eigenvalue weighted by atomic mass is 32.2. The fourth-order valence-electron chi connectivity index (χ4n) is 1.65. The number of rotatable bonds is 4. The third kappa shape index (κ3) is 3.23. The number of nitrogens with two attached hydrogens (primary N) is 1. The largest absolute Gasteiger partial charge is 0.477 e. The highest BCUT2D eigenvalue weighted by Gasteiger charge is 2.15. The molecule has 0 fully saturated rings. The van der Waals surface area contributed by atoms with Crippen LogP contribution in [0.3, 0.4) is 0 Å². The number of aromatic carboxylic acids is 1. The van der Waals surface area contributed by atoms with Crippen molar-refractivity contribution in [2.75, 3.05) is 5.73 Å². The first kappa shape index (κ1) is 13.4. The number of aromatic nitrogens is 2. The van der Waals surface area contributed by atoms with E-state index in [0.717, 1.165) is 4.90 Å². The summed E-state index contributed by atoms with van der Waals surface area (Å²) >= 11 is 1.58. The molecule has 0 atom stereocenters. The third-order valence-electron chi connectivity index (χ3n) is 2.49. The van der Waals surface area contributed by atoms with Crippen molar-refractivity contribution < 1.29 is 9.90 Å². The maximum absolute atomic E-state index is 11.0. The molecule has 3 N–H and O–H groups in total. The summed E-state index contributed by atoms with van der Waals surface area (Å²) in [5, 5.41) is 8.98. The number of carboxylic acid groups (broad SMARTS) is 1. The van der Waals surface area contributed by atoms with Gasteiger partial charge in [-0.05, 0) is 19.1 Å². The molecule has 0 aliphatic rings. The Balaban J connectivity index is 2.16. The maximum Gasteiger partial charge on any atom is 0.341 e. The van der Waals surface area contributed by atoms with Crippen LogP contribution in [0, 0.1) is 6.92 Å². The van der Waals surface area contributed by atoms with Gasteiger partial charge in [0.25, 0.3) is 0 Å². The second-order valence-electron chi connectivity index (χ2n) is 3.89. The minimum atomic E-state index is -1.10. The fourth-order valence-corrected chi connectivity index (χ4v) is 2.42. The SMILES string of the molecule is Cc1nc(CSc2ccccc2)nc(N)c1C(=O)O. The van der Waals surface area contributed by atoms with Crippen LogP contribution in [0.1, 0.15) is 21.9 Å². The first-order chi connectivity index (χ1) is 9.08. The fraction of sp³-hybridized carbons (Fsp3) is 0.154. The zero-order chi connectivity index (χ0) is 13.8. The molecule has 1 aromatic heterocycles. The maximum atomic E-state index is 11.0. The van der Waals surface area contributed by atoms with Gasteiger partial charge in [0, 0.05) is 4.90 Å². The molecule has 0 unspecified atom stereocenters. The molecule has 2 rings (SSSR count). The molecule has 0 saturated heterocycles. The Morgan fingerprint density at radius 1 is 1.32 bits per heavy atom. The van der Waals surface area contributed by atoms with Gasteiger partial charge in [0.05, 0.1) is 11.4 Å². The third-order valence-corrected chi connectivity index (χ3v) is 3.50. The molecule has 0 saturated carbocycles. The average molecular weight is 275 g/mol. The molecule has 6 heteroatoms. The Kier molecular flexibility index (Phi) is 4.01. The predicted molar refractivity (Wildman–Crippen MR) is 74.1 cm³/mol. The van der Waals surface area contributed by atoms with Crippen LogP contribution in [0.4, 0.5) is 5.82 Å². The Morgan fingerprint density at radius 2 is 2.00 bits per heavy atom. The molecule has 0 radical (unpaired) electrons. The van der Waals surface area contributed by atoms with Gasteiger partial charge in [0.1, 0.15) is 17.2 Å². The van der Waals surface area contributed by atoms with Crippen molar-refractivity contribution in [2.24, 2.45) is 0 Å². The molecule has 1 aromatic carbocycles. The van der Waals surface area contributed by atoms with E-state index in [-0.39, 0.29) is 11.4 Å². The van der Waals surface area contributed by atoms with Crippen molar-refractivity contribution in [1.29, 1.82) is 0 Å². The summed E-state index contributed by atoms with van der Waals surface area (Å²) in [6.07, 6.45) is 0. The lowest BCUT2D eigenvalue weighted by Gasteiger charge is -2.07. The summed E-state index contributed by atoms with van der Waals surface area (Å²) in [5.41, 5.74) is 6.02. The lowest BCUT2D eigenvalue weighted by molar-refractivity contribution is 0.0696. The van der Waals surface area contributed by atoms with Crippen molar-refractivity contribution >= 4 is 23.5 Å². The highest BCUT2D eigenvalue weighted by molar-refractivity contribution is 7.98. The van der Waals surface area contributed by atoms with E-state index in [0.29, 0.717) is 17.3 Å². The summed E-state index contributed by atoms with van der Waals surface area (Å²) in [7, 11) is 0. The number of aryl methyl sites for hydroxylation is 1. The van der Waals surface area contributed by atoms with Crippen LogP contribution in [0.15, 0.2) is 35.2 Å². The highest BCUT2D eigenvalue weighted by Crippen LogP contribution is 2.22. The van der Waals surface area contributed by atoms with Gasteiger partial charge in [-0.15, -0.1) is 11.8 Å². The van der Waals surface area contributed by atoms with Crippen LogP contribution in [0.5, 0.6) is 0 Å². The van der Waals surface area contributed by atoms with Crippen LogP contribution in [0.25, 0.3) is 0 Å². The Morgan fingerprint density at radius 3 is 2.58 bits per heavy atom. The topological polar surface area (TPSA) is 89.1 Å². The van der Waals surface area contributed by atoms with Crippen molar-refractivity contribution in [3.05, 3.63) is 47.4 Å². The van der Waals surface area contributed by atoms with Crippen molar-refractivity contribution in [3.63, 3.8) is 0 Å². The first-order valence-corrected chi connectivity index (χ1v) is 6.60. The summed E-state index contributed by atoms with van der Waals surface area (Å²) < 4.78 is 0. The van der Waals surface area contributed by atoms with Gasteiger partial charge in [0.2, 0.25) is 0 Å². The molecule has 1 heterocycles. The number of carbonyl (C=O) groups is 1. The van der Waals surface area contributed by atoms with Crippen molar-refractivity contribution in [2.45, 2.75) is 17.6 Å². The summed E-state index contributed by atoms with van der Waals surface area (Å²) in [4.78, 5) is 20.3. The Labute approximate surface area is 114 Å². The summed E-state index contributed by atoms with van der Waals surface area (Å²) in [6, 6.07) is 9.84. The van der Waals surface area contributed by atoms with E-state index in [1.807, 2.05) is 30.3 Å². The molecule has 98 valence electrons. The number of nitrogen functional groups attached to an aromatic ring is 1. The van der Waals surface area contributed by atoms with E-state index in [1.54, 1.807) is 18.7 Å². The van der Waals surface area contributed by atoms with Crippen LogP contribution < -0.4 is 5.73 Å². The zero-order valence-electron chi connectivity index (χ0n) is 10.3. The number of hydrogen-bond acceptors (Lipinski definition) is 5. The molecule has 0 spiro atoms. The number of hydrogen-bond donors (Lipinski definition) is 2. The molecule has 0 amide bonds. The number of thioether (sulfide) groups is 1. The molecule has 5 nitrogen and oxygen atoms in total. The monoisotopic (exact) mass is 275 g/mol. The van der Waals surface area contributed by atoms with Crippen LogP contribution >= 0.6 is 11.8 Å². The molecular formula is C13H13N3O2S. The van der Waals surface area contributed by atoms with Crippen LogP contribution in [0.2, 0.25) is 0 Å². The molecule has 19 heavy (non-hydrogen) atoms. The Hall–Kier alpha value is -2.08. The van der Waals surface area contributed by atoms with E-state index in [1.165, 1.54) is 0 Å². The van der Waals surface area contributed by atoms with Gasteiger partial charge >= 0.3 is 5.97 Å². The van der Waals surface area contributed by atoms with Crippen molar-refractivity contribution in [1.82, 2.24) is 9.97 Å².